The van der Waals surface area contributed by atoms with E-state index in [1.807, 2.05) is 6.92 Å². The number of amides is 2. The van der Waals surface area contributed by atoms with E-state index in [0.717, 1.165) is 36.2 Å². The Morgan fingerprint density at radius 1 is 1.14 bits per heavy atom. The standard InChI is InChI=1S/C17H20ClNO3/c1-3-4-5-6-7-12(2)15-16(20)19(17(21)22-15)14-10-8-13(18)9-11-14/h8-11H,3-7H2,1-2H3/b15-12+. The summed E-state index contributed by atoms with van der Waals surface area (Å²) in [5, 5.41) is 0.548. The quantitative estimate of drug-likeness (QED) is 0.543. The van der Waals surface area contributed by atoms with Gasteiger partial charge in [0, 0.05) is 5.02 Å². The van der Waals surface area contributed by atoms with Crippen LogP contribution in [0.4, 0.5) is 10.5 Å². The summed E-state index contributed by atoms with van der Waals surface area (Å²) in [5.74, 6) is -0.239. The Labute approximate surface area is 135 Å². The third-order valence-corrected chi connectivity index (χ3v) is 3.90. The Bertz CT molecular complexity index is 592. The number of carbonyl (C=O) groups excluding carboxylic acids is 2. The molecule has 1 saturated heterocycles. The van der Waals surface area contributed by atoms with Crippen LogP contribution >= 0.6 is 11.6 Å². The SMILES string of the molecule is CCCCCC/C(C)=C1/OC(=O)N(c2ccc(Cl)cc2)C1=O. The minimum Gasteiger partial charge on any atom is -0.404 e. The van der Waals surface area contributed by atoms with Gasteiger partial charge in [-0.25, -0.2) is 9.69 Å². The van der Waals surface area contributed by atoms with E-state index in [1.165, 1.54) is 6.42 Å². The molecule has 22 heavy (non-hydrogen) atoms. The van der Waals surface area contributed by atoms with E-state index in [1.54, 1.807) is 24.3 Å². The number of unbranched alkanes of at least 4 members (excludes halogenated alkanes) is 3. The molecule has 0 saturated carbocycles. The number of halogens is 1. The molecule has 1 heterocycles. The minimum atomic E-state index is -0.657. The monoisotopic (exact) mass is 321 g/mol. The number of cyclic esters (lactones) is 1. The van der Waals surface area contributed by atoms with Crippen molar-refractivity contribution in [1.29, 1.82) is 0 Å². The summed E-state index contributed by atoms with van der Waals surface area (Å²) in [7, 11) is 0. The number of hydrogen-bond donors (Lipinski definition) is 0. The number of rotatable bonds is 6. The van der Waals surface area contributed by atoms with Crippen LogP contribution in [0, 0.1) is 0 Å². The fourth-order valence-electron chi connectivity index (χ4n) is 2.37. The number of imide groups is 1. The molecule has 1 aromatic rings. The number of anilines is 1. The van der Waals surface area contributed by atoms with Gasteiger partial charge in [0.05, 0.1) is 5.69 Å². The summed E-state index contributed by atoms with van der Waals surface area (Å²) in [5.41, 5.74) is 1.29. The van der Waals surface area contributed by atoms with Crippen LogP contribution < -0.4 is 4.90 Å². The smallest absolute Gasteiger partial charge is 0.404 e. The van der Waals surface area contributed by atoms with Crippen LogP contribution in [0.1, 0.15) is 46.0 Å². The van der Waals surface area contributed by atoms with Crippen LogP contribution in [0.15, 0.2) is 35.6 Å². The number of carbonyl (C=O) groups is 2. The van der Waals surface area contributed by atoms with Crippen molar-refractivity contribution in [2.45, 2.75) is 46.0 Å². The van der Waals surface area contributed by atoms with E-state index in [2.05, 4.69) is 6.92 Å². The Kier molecular flexibility index (Phi) is 5.61. The minimum absolute atomic E-state index is 0.163. The zero-order valence-corrected chi connectivity index (χ0v) is 13.7. The molecule has 0 bridgehead atoms. The normalized spacial score (nSPS) is 17.0. The van der Waals surface area contributed by atoms with Crippen molar-refractivity contribution in [2.75, 3.05) is 4.90 Å². The van der Waals surface area contributed by atoms with Crippen molar-refractivity contribution in [3.63, 3.8) is 0 Å². The topological polar surface area (TPSA) is 46.6 Å². The van der Waals surface area contributed by atoms with E-state index in [9.17, 15) is 9.59 Å². The molecular formula is C17H20ClNO3. The number of allylic oxidation sites excluding steroid dienone is 1. The van der Waals surface area contributed by atoms with Gasteiger partial charge >= 0.3 is 12.0 Å². The van der Waals surface area contributed by atoms with Crippen molar-refractivity contribution in [1.82, 2.24) is 0 Å². The molecule has 1 aliphatic rings. The molecule has 2 rings (SSSR count). The lowest BCUT2D eigenvalue weighted by atomic mass is 10.1. The molecule has 0 unspecified atom stereocenters. The van der Waals surface area contributed by atoms with Gasteiger partial charge in [0.2, 0.25) is 0 Å². The molecule has 4 nitrogen and oxygen atoms in total. The van der Waals surface area contributed by atoms with Crippen LogP contribution in [-0.2, 0) is 9.53 Å². The van der Waals surface area contributed by atoms with Crippen LogP contribution in [0.25, 0.3) is 0 Å². The molecule has 1 aromatic carbocycles. The van der Waals surface area contributed by atoms with Gasteiger partial charge in [-0.15, -0.1) is 0 Å². The Balaban J connectivity index is 2.12. The lowest BCUT2D eigenvalue weighted by molar-refractivity contribution is -0.114. The summed E-state index contributed by atoms with van der Waals surface area (Å²) in [4.78, 5) is 25.4. The van der Waals surface area contributed by atoms with Crippen LogP contribution in [0.3, 0.4) is 0 Å². The molecule has 0 aliphatic carbocycles. The highest BCUT2D eigenvalue weighted by Gasteiger charge is 2.38. The van der Waals surface area contributed by atoms with E-state index in [-0.39, 0.29) is 5.76 Å². The second kappa shape index (κ2) is 7.45. The van der Waals surface area contributed by atoms with Crippen molar-refractivity contribution in [2.24, 2.45) is 0 Å². The largest absolute Gasteiger partial charge is 0.427 e. The Morgan fingerprint density at radius 3 is 2.45 bits per heavy atom. The van der Waals surface area contributed by atoms with Crippen LogP contribution in [0.5, 0.6) is 0 Å². The first-order chi connectivity index (χ1) is 10.5. The number of benzene rings is 1. The maximum atomic E-state index is 12.4. The van der Waals surface area contributed by atoms with Gasteiger partial charge in [-0.2, -0.15) is 0 Å². The highest BCUT2D eigenvalue weighted by Crippen LogP contribution is 2.28. The number of hydrogen-bond acceptors (Lipinski definition) is 3. The molecule has 1 aliphatic heterocycles. The Morgan fingerprint density at radius 2 is 1.82 bits per heavy atom. The molecule has 5 heteroatoms. The molecule has 0 radical (unpaired) electrons. The van der Waals surface area contributed by atoms with Crippen molar-refractivity contribution in [3.8, 4) is 0 Å². The molecule has 2 amide bonds. The van der Waals surface area contributed by atoms with Gasteiger partial charge in [0.15, 0.2) is 5.76 Å². The van der Waals surface area contributed by atoms with E-state index >= 15 is 0 Å². The third-order valence-electron chi connectivity index (χ3n) is 3.65. The molecule has 1 fully saturated rings. The molecule has 118 valence electrons. The fraction of sp³-hybridized carbons (Fsp3) is 0.412. The second-order valence-corrected chi connectivity index (χ2v) is 5.84. The zero-order valence-electron chi connectivity index (χ0n) is 12.9. The van der Waals surface area contributed by atoms with E-state index in [0.29, 0.717) is 10.7 Å². The molecule has 0 N–H and O–H groups in total. The van der Waals surface area contributed by atoms with Crippen molar-refractivity contribution >= 4 is 29.3 Å². The number of nitrogens with zero attached hydrogens (tertiary/aromatic N) is 1. The summed E-state index contributed by atoms with van der Waals surface area (Å²) in [6.45, 7) is 4.00. The third kappa shape index (κ3) is 3.69. The maximum absolute atomic E-state index is 12.4. The lowest BCUT2D eigenvalue weighted by Crippen LogP contribution is -2.28. The molecule has 0 atom stereocenters. The highest BCUT2D eigenvalue weighted by molar-refractivity contribution is 6.31. The van der Waals surface area contributed by atoms with Crippen molar-refractivity contribution in [3.05, 3.63) is 40.6 Å². The average molecular weight is 322 g/mol. The van der Waals surface area contributed by atoms with Gasteiger partial charge in [-0.05, 0) is 49.6 Å². The zero-order chi connectivity index (χ0) is 16.1. The molecular weight excluding hydrogens is 302 g/mol. The lowest BCUT2D eigenvalue weighted by Gasteiger charge is -2.09. The van der Waals surface area contributed by atoms with Gasteiger partial charge in [-0.3, -0.25) is 4.79 Å². The predicted molar refractivity (Wildman–Crippen MR) is 86.9 cm³/mol. The molecule has 0 aromatic heterocycles. The van der Waals surface area contributed by atoms with Crippen LogP contribution in [-0.4, -0.2) is 12.0 Å². The first-order valence-corrected chi connectivity index (χ1v) is 7.94. The number of ether oxygens (including phenoxy) is 1. The summed E-state index contributed by atoms with van der Waals surface area (Å²) in [6.07, 6.45) is 4.55. The predicted octanol–water partition coefficient (Wildman–Crippen LogP) is 5.07. The average Bonchev–Trinajstić information content (AvgIpc) is 2.80. The molecule has 0 spiro atoms. The fourth-order valence-corrected chi connectivity index (χ4v) is 2.50. The summed E-state index contributed by atoms with van der Waals surface area (Å²) < 4.78 is 5.17. The van der Waals surface area contributed by atoms with Gasteiger partial charge in [0.25, 0.3) is 0 Å². The van der Waals surface area contributed by atoms with E-state index < -0.39 is 12.0 Å². The van der Waals surface area contributed by atoms with E-state index in [4.69, 9.17) is 16.3 Å². The van der Waals surface area contributed by atoms with Gasteiger partial charge in [-0.1, -0.05) is 37.8 Å². The summed E-state index contributed by atoms with van der Waals surface area (Å²) in [6, 6.07) is 6.52. The second-order valence-electron chi connectivity index (χ2n) is 5.41. The first kappa shape index (κ1) is 16.6. The van der Waals surface area contributed by atoms with Gasteiger partial charge in [0.1, 0.15) is 0 Å². The van der Waals surface area contributed by atoms with Crippen LogP contribution in [0.2, 0.25) is 5.02 Å². The summed E-state index contributed by atoms with van der Waals surface area (Å²) >= 11 is 5.82. The highest BCUT2D eigenvalue weighted by atomic mass is 35.5. The van der Waals surface area contributed by atoms with Crippen molar-refractivity contribution < 1.29 is 14.3 Å². The Hall–Kier alpha value is -1.81. The van der Waals surface area contributed by atoms with Gasteiger partial charge < -0.3 is 4.74 Å². The maximum Gasteiger partial charge on any atom is 0.427 e. The first-order valence-electron chi connectivity index (χ1n) is 7.56.